The normalized spacial score (nSPS) is 36.5. The molecule has 4 aromatic heterocycles. The summed E-state index contributed by atoms with van der Waals surface area (Å²) in [5.74, 6) is 0.225. The molecule has 0 aromatic carbocycles. The first-order valence-corrected chi connectivity index (χ1v) is 20.4. The molecule has 3 aliphatic rings. The van der Waals surface area contributed by atoms with Crippen LogP contribution in [0, 0.1) is 6.92 Å². The number of hydrogen-bond acceptors (Lipinski definition) is 17. The summed E-state index contributed by atoms with van der Waals surface area (Å²) in [6, 6.07) is 1.67. The smallest absolute Gasteiger partial charge is 0.387 e. The number of fused-ring (bicyclic) bond motifs is 5. The zero-order valence-corrected chi connectivity index (χ0v) is 29.5. The molecule has 0 radical (unpaired) electrons. The molecule has 260 valence electrons. The number of aryl methyl sites for hydroxylation is 1. The number of rotatable bonds is 3. The van der Waals surface area contributed by atoms with Gasteiger partial charge in [-0.2, -0.15) is 0 Å². The summed E-state index contributed by atoms with van der Waals surface area (Å²) in [7, 11) is 0. The van der Waals surface area contributed by atoms with Gasteiger partial charge < -0.3 is 39.4 Å². The lowest BCUT2D eigenvalue weighted by atomic mass is 10.1. The standard InChI is InChI=1S/C26H34N8O10P2S2/c1-12-16-23(31-9-28-12)34(11-32-16)24-18(36)19-15(42-24)8-39-45(37,47)43-20-17(35)14(7-40-46(38,44-19)48-26(2,3)4)41-25(20)33-6-5-13-21(27)29-10-30-22(13)33/h5-6,9-11,14-15,17-20,24-25,35-36H,7-8H2,1-4H3,(H,37,47)(H2,27,29,30)/t14-,15-,17-,18-,19-,20-,24-,25-,45?,46+/m1/s1. The quantitative estimate of drug-likeness (QED) is 0.220. The first kappa shape index (κ1) is 34.3. The molecular formula is C26H34N8O10P2S2. The fraction of sp³-hybridized carbons (Fsp3) is 0.577. The number of aromatic nitrogens is 7. The van der Waals surface area contributed by atoms with Crippen molar-refractivity contribution < 1.29 is 47.2 Å². The van der Waals surface area contributed by atoms with Gasteiger partial charge >= 0.3 is 13.5 Å². The first-order chi connectivity index (χ1) is 22.6. The van der Waals surface area contributed by atoms with Crippen molar-refractivity contribution in [3.63, 3.8) is 0 Å². The highest BCUT2D eigenvalue weighted by Gasteiger charge is 2.54. The highest BCUT2D eigenvalue weighted by Crippen LogP contribution is 2.67. The van der Waals surface area contributed by atoms with E-state index in [-0.39, 0.29) is 5.82 Å². The maximum absolute atomic E-state index is 14.5. The van der Waals surface area contributed by atoms with Crippen molar-refractivity contribution in [2.45, 2.75) is 81.5 Å². The molecule has 7 heterocycles. The average molecular weight is 745 g/mol. The van der Waals surface area contributed by atoms with E-state index in [9.17, 15) is 19.7 Å². The third-order valence-corrected chi connectivity index (χ3v) is 14.1. The van der Waals surface area contributed by atoms with Crippen LogP contribution in [0.3, 0.4) is 0 Å². The van der Waals surface area contributed by atoms with E-state index in [1.807, 2.05) is 20.8 Å². The zero-order valence-electron chi connectivity index (χ0n) is 26.0. The maximum atomic E-state index is 14.5. The van der Waals surface area contributed by atoms with E-state index in [4.69, 9.17) is 45.1 Å². The number of hydrogen-bond donors (Lipinski definition) is 4. The third-order valence-electron chi connectivity index (χ3n) is 7.94. The van der Waals surface area contributed by atoms with Gasteiger partial charge in [0.2, 0.25) is 0 Å². The second-order valence-electron chi connectivity index (χ2n) is 12.5. The van der Waals surface area contributed by atoms with E-state index in [0.717, 1.165) is 11.4 Å². The lowest BCUT2D eigenvalue weighted by Crippen LogP contribution is -2.36. The van der Waals surface area contributed by atoms with Crippen LogP contribution in [0.2, 0.25) is 0 Å². The third kappa shape index (κ3) is 6.43. The van der Waals surface area contributed by atoms with E-state index >= 15 is 0 Å². The molecule has 5 N–H and O–H groups in total. The number of imidazole rings is 1. The molecule has 0 spiro atoms. The predicted molar refractivity (Wildman–Crippen MR) is 175 cm³/mol. The average Bonchev–Trinajstić information content (AvgIpc) is 3.76. The van der Waals surface area contributed by atoms with Crippen LogP contribution in [0.1, 0.15) is 38.9 Å². The van der Waals surface area contributed by atoms with Gasteiger partial charge in [0.25, 0.3) is 0 Å². The van der Waals surface area contributed by atoms with Crippen LogP contribution in [0.5, 0.6) is 0 Å². The van der Waals surface area contributed by atoms with Crippen LogP contribution in [0.15, 0.2) is 31.2 Å². The molecule has 18 nitrogen and oxygen atoms in total. The Bertz CT molecular complexity index is 1940. The van der Waals surface area contributed by atoms with E-state index in [2.05, 4.69) is 24.9 Å². The van der Waals surface area contributed by atoms with Crippen LogP contribution in [-0.2, 0) is 43.9 Å². The van der Waals surface area contributed by atoms with Gasteiger partial charge in [-0.15, -0.1) is 0 Å². The summed E-state index contributed by atoms with van der Waals surface area (Å²) in [5, 5.41) is 23.6. The minimum absolute atomic E-state index is 0.225. The van der Waals surface area contributed by atoms with Gasteiger partial charge in [0.15, 0.2) is 18.1 Å². The number of nitrogens with two attached hydrogens (primary N) is 1. The van der Waals surface area contributed by atoms with Crippen molar-refractivity contribution >= 4 is 64.7 Å². The summed E-state index contributed by atoms with van der Waals surface area (Å²) >= 11 is 6.30. The number of anilines is 1. The Morgan fingerprint density at radius 2 is 1.65 bits per heavy atom. The van der Waals surface area contributed by atoms with Crippen LogP contribution < -0.4 is 5.73 Å². The minimum Gasteiger partial charge on any atom is -0.387 e. The minimum atomic E-state index is -4.17. The lowest BCUT2D eigenvalue weighted by molar-refractivity contribution is -0.0593. The molecule has 10 atom stereocenters. The maximum Gasteiger partial charge on any atom is 0.390 e. The van der Waals surface area contributed by atoms with Crippen molar-refractivity contribution in [2.75, 3.05) is 18.9 Å². The van der Waals surface area contributed by atoms with Gasteiger partial charge in [0, 0.05) is 10.9 Å². The van der Waals surface area contributed by atoms with Crippen LogP contribution in [0.25, 0.3) is 22.2 Å². The molecule has 0 aliphatic carbocycles. The van der Waals surface area contributed by atoms with Gasteiger partial charge in [-0.25, -0.2) is 29.5 Å². The van der Waals surface area contributed by atoms with Gasteiger partial charge in [0.1, 0.15) is 66.3 Å². The Balaban J connectivity index is 1.25. The lowest BCUT2D eigenvalue weighted by Gasteiger charge is -2.30. The highest BCUT2D eigenvalue weighted by molar-refractivity contribution is 8.55. The number of ether oxygens (including phenoxy) is 2. The monoisotopic (exact) mass is 744 g/mol. The zero-order chi connectivity index (χ0) is 34.2. The molecule has 48 heavy (non-hydrogen) atoms. The molecule has 1 unspecified atom stereocenters. The molecule has 7 rings (SSSR count). The highest BCUT2D eigenvalue weighted by atomic mass is 32.7. The Labute approximate surface area is 282 Å². The van der Waals surface area contributed by atoms with Gasteiger partial charge in [-0.3, -0.25) is 18.1 Å². The van der Waals surface area contributed by atoms with Crippen molar-refractivity contribution in [3.05, 3.63) is 36.9 Å². The van der Waals surface area contributed by atoms with E-state index in [0.29, 0.717) is 27.9 Å². The summed E-state index contributed by atoms with van der Waals surface area (Å²) in [6.07, 6.45) is -4.28. The Hall–Kier alpha value is -2.16. The van der Waals surface area contributed by atoms with Gasteiger partial charge in [-0.1, -0.05) is 20.8 Å². The molecule has 0 amide bonds. The van der Waals surface area contributed by atoms with Crippen molar-refractivity contribution in [2.24, 2.45) is 0 Å². The fourth-order valence-corrected chi connectivity index (χ4v) is 11.7. The van der Waals surface area contributed by atoms with Gasteiger partial charge in [0.05, 0.1) is 30.6 Å². The molecule has 2 bridgehead atoms. The van der Waals surface area contributed by atoms with Crippen molar-refractivity contribution in [3.8, 4) is 0 Å². The van der Waals surface area contributed by atoms with Crippen LogP contribution in [0.4, 0.5) is 5.82 Å². The van der Waals surface area contributed by atoms with Gasteiger partial charge in [-0.05, 0) is 36.2 Å². The SMILES string of the molecule is Cc1ncnc2c1ncn2[C@@H]1O[C@@H]2COP(O)(=S)O[C@@H]3[C@H](O)[C@@H](CO[P@](=O)(SC(C)(C)C)O[C@H]2[C@H]1O)O[C@H]3n1ccc2c(N)ncnc21. The van der Waals surface area contributed by atoms with Crippen molar-refractivity contribution in [1.29, 1.82) is 0 Å². The Kier molecular flexibility index (Phi) is 8.97. The van der Waals surface area contributed by atoms with E-state index in [1.165, 1.54) is 23.5 Å². The topological polar surface area (TPSA) is 233 Å². The number of nitrogen functional groups attached to an aromatic ring is 1. The second kappa shape index (κ2) is 12.6. The molecule has 3 fully saturated rings. The molecule has 0 saturated carbocycles. The largest absolute Gasteiger partial charge is 0.390 e. The van der Waals surface area contributed by atoms with Crippen LogP contribution in [-0.4, -0.2) is 104 Å². The summed E-state index contributed by atoms with van der Waals surface area (Å²) < 4.78 is 53.2. The van der Waals surface area contributed by atoms with E-state index < -0.39 is 80.6 Å². The molecule has 22 heteroatoms. The molecule has 3 saturated heterocycles. The fourth-order valence-electron chi connectivity index (χ4n) is 5.84. The molecular weight excluding hydrogens is 710 g/mol. The Morgan fingerprint density at radius 1 is 0.938 bits per heavy atom. The summed E-state index contributed by atoms with van der Waals surface area (Å²) in [5.41, 5.74) is 7.90. The second-order valence-corrected chi connectivity index (χ2v) is 19.9. The number of aliphatic hydroxyl groups is 2. The summed E-state index contributed by atoms with van der Waals surface area (Å²) in [6.45, 7) is -1.97. The Morgan fingerprint density at radius 3 is 2.42 bits per heavy atom. The summed E-state index contributed by atoms with van der Waals surface area (Å²) in [4.78, 5) is 32.4. The molecule has 3 aliphatic heterocycles. The number of aliphatic hydroxyl groups excluding tert-OH is 2. The first-order valence-electron chi connectivity index (χ1n) is 14.8. The number of nitrogens with zero attached hydrogens (tertiary/aromatic N) is 7. The predicted octanol–water partition coefficient (Wildman–Crippen LogP) is 2.35. The van der Waals surface area contributed by atoms with Crippen molar-refractivity contribution in [1.82, 2.24) is 34.1 Å². The van der Waals surface area contributed by atoms with Crippen LogP contribution >= 0.6 is 24.9 Å². The molecule has 4 aromatic rings. The van der Waals surface area contributed by atoms with E-state index in [1.54, 1.807) is 23.8 Å².